The van der Waals surface area contributed by atoms with Gasteiger partial charge >= 0.3 is 6.18 Å². The quantitative estimate of drug-likeness (QED) is 0.760. The Morgan fingerprint density at radius 2 is 1.94 bits per heavy atom. The standard InChI is InChI=1S/C12H14F4N2/c13-8-9-3-6-18(7-4-9)11-10(12(14,15)16)2-1-5-17-11/h1-2,5,9H,3-4,6-8H2. The Balaban J connectivity index is 2.19. The SMILES string of the molecule is FCC1CCN(c2ncccc2C(F)(F)F)CC1. The van der Waals surface area contributed by atoms with Crippen molar-refractivity contribution in [1.82, 2.24) is 4.98 Å². The molecule has 0 radical (unpaired) electrons. The van der Waals surface area contributed by atoms with Gasteiger partial charge < -0.3 is 4.90 Å². The average Bonchev–Trinajstić information content (AvgIpc) is 2.38. The van der Waals surface area contributed by atoms with Gasteiger partial charge in [-0.1, -0.05) is 0 Å². The molecule has 1 aromatic heterocycles. The van der Waals surface area contributed by atoms with Crippen LogP contribution in [0.3, 0.4) is 0 Å². The molecule has 2 heterocycles. The Morgan fingerprint density at radius 3 is 2.50 bits per heavy atom. The summed E-state index contributed by atoms with van der Waals surface area (Å²) in [7, 11) is 0. The number of nitrogens with zero attached hydrogens (tertiary/aromatic N) is 2. The van der Waals surface area contributed by atoms with Crippen LogP contribution in [0.25, 0.3) is 0 Å². The fraction of sp³-hybridized carbons (Fsp3) is 0.583. The van der Waals surface area contributed by atoms with Crippen molar-refractivity contribution in [1.29, 1.82) is 0 Å². The van der Waals surface area contributed by atoms with Gasteiger partial charge in [-0.3, -0.25) is 4.39 Å². The van der Waals surface area contributed by atoms with E-state index >= 15 is 0 Å². The number of hydrogen-bond donors (Lipinski definition) is 0. The maximum atomic E-state index is 12.8. The van der Waals surface area contributed by atoms with Crippen molar-refractivity contribution in [3.05, 3.63) is 23.9 Å². The molecule has 0 saturated carbocycles. The van der Waals surface area contributed by atoms with Gasteiger partial charge in [-0.15, -0.1) is 0 Å². The van der Waals surface area contributed by atoms with Gasteiger partial charge in [-0.2, -0.15) is 13.2 Å². The fourth-order valence-electron chi connectivity index (χ4n) is 2.17. The third-order valence-corrected chi connectivity index (χ3v) is 3.22. The van der Waals surface area contributed by atoms with E-state index in [1.54, 1.807) is 4.90 Å². The topological polar surface area (TPSA) is 16.1 Å². The fourth-order valence-corrected chi connectivity index (χ4v) is 2.17. The summed E-state index contributed by atoms with van der Waals surface area (Å²) in [6.07, 6.45) is -1.90. The number of halogens is 4. The maximum absolute atomic E-state index is 12.8. The van der Waals surface area contributed by atoms with Crippen LogP contribution in [0.4, 0.5) is 23.4 Å². The zero-order valence-electron chi connectivity index (χ0n) is 9.75. The lowest BCUT2D eigenvalue weighted by Crippen LogP contribution is -2.36. The van der Waals surface area contributed by atoms with E-state index in [4.69, 9.17) is 0 Å². The van der Waals surface area contributed by atoms with Gasteiger partial charge in [0.25, 0.3) is 0 Å². The normalized spacial score (nSPS) is 18.1. The Morgan fingerprint density at radius 1 is 1.28 bits per heavy atom. The third-order valence-electron chi connectivity index (χ3n) is 3.22. The number of anilines is 1. The smallest absolute Gasteiger partial charge is 0.356 e. The molecule has 1 aliphatic rings. The summed E-state index contributed by atoms with van der Waals surface area (Å²) in [5, 5.41) is 0. The molecule has 0 aliphatic carbocycles. The minimum atomic E-state index is -4.40. The second kappa shape index (κ2) is 5.12. The van der Waals surface area contributed by atoms with Gasteiger partial charge in [-0.05, 0) is 30.9 Å². The van der Waals surface area contributed by atoms with Gasteiger partial charge in [0.05, 0.1) is 12.2 Å². The zero-order valence-corrected chi connectivity index (χ0v) is 9.75. The summed E-state index contributed by atoms with van der Waals surface area (Å²) in [5.41, 5.74) is -0.719. The summed E-state index contributed by atoms with van der Waals surface area (Å²) < 4.78 is 50.9. The summed E-state index contributed by atoms with van der Waals surface area (Å²) in [6, 6.07) is 2.31. The summed E-state index contributed by atoms with van der Waals surface area (Å²) in [5.74, 6) is -0.0680. The molecule has 2 nitrogen and oxygen atoms in total. The van der Waals surface area contributed by atoms with E-state index in [0.29, 0.717) is 25.9 Å². The molecule has 1 aromatic rings. The first-order valence-electron chi connectivity index (χ1n) is 5.85. The number of piperidine rings is 1. The van der Waals surface area contributed by atoms with Gasteiger partial charge in [-0.25, -0.2) is 4.98 Å². The summed E-state index contributed by atoms with van der Waals surface area (Å²) in [4.78, 5) is 5.42. The van der Waals surface area contributed by atoms with Crippen molar-refractivity contribution in [3.8, 4) is 0 Å². The number of hydrogen-bond acceptors (Lipinski definition) is 2. The predicted octanol–water partition coefficient (Wildman–Crippen LogP) is 3.29. The summed E-state index contributed by atoms with van der Waals surface area (Å²) >= 11 is 0. The van der Waals surface area contributed by atoms with Crippen LogP contribution in [0, 0.1) is 5.92 Å². The highest BCUT2D eigenvalue weighted by Gasteiger charge is 2.36. The largest absolute Gasteiger partial charge is 0.419 e. The van der Waals surface area contributed by atoms with Crippen LogP contribution in [-0.2, 0) is 6.18 Å². The molecular formula is C12H14F4N2. The molecule has 0 aromatic carbocycles. The first-order valence-corrected chi connectivity index (χ1v) is 5.85. The van der Waals surface area contributed by atoms with Crippen molar-refractivity contribution in [2.75, 3.05) is 24.7 Å². The monoisotopic (exact) mass is 262 g/mol. The van der Waals surface area contributed by atoms with Crippen LogP contribution in [-0.4, -0.2) is 24.7 Å². The second-order valence-electron chi connectivity index (χ2n) is 4.46. The van der Waals surface area contributed by atoms with E-state index in [1.807, 2.05) is 0 Å². The number of pyridine rings is 1. The molecule has 6 heteroatoms. The van der Waals surface area contributed by atoms with Crippen LogP contribution in [0.5, 0.6) is 0 Å². The zero-order chi connectivity index (χ0) is 13.2. The Bertz CT molecular complexity index is 397. The van der Waals surface area contributed by atoms with E-state index in [0.717, 1.165) is 6.07 Å². The first kappa shape index (κ1) is 13.1. The number of alkyl halides is 4. The first-order chi connectivity index (χ1) is 8.52. The van der Waals surface area contributed by atoms with Crippen molar-refractivity contribution in [2.45, 2.75) is 19.0 Å². The van der Waals surface area contributed by atoms with Crippen LogP contribution in [0.1, 0.15) is 18.4 Å². The Labute approximate surface area is 103 Å². The van der Waals surface area contributed by atoms with Gasteiger partial charge in [0.2, 0.25) is 0 Å². The predicted molar refractivity (Wildman–Crippen MR) is 60.2 cm³/mol. The average molecular weight is 262 g/mol. The lowest BCUT2D eigenvalue weighted by Gasteiger charge is -2.33. The molecule has 1 saturated heterocycles. The second-order valence-corrected chi connectivity index (χ2v) is 4.46. The van der Waals surface area contributed by atoms with Gasteiger partial charge in [0.1, 0.15) is 5.82 Å². The maximum Gasteiger partial charge on any atom is 0.419 e. The minimum Gasteiger partial charge on any atom is -0.356 e. The van der Waals surface area contributed by atoms with Crippen LogP contribution < -0.4 is 4.90 Å². The van der Waals surface area contributed by atoms with Gasteiger partial charge in [0, 0.05) is 19.3 Å². The van der Waals surface area contributed by atoms with Crippen molar-refractivity contribution in [3.63, 3.8) is 0 Å². The Hall–Kier alpha value is -1.33. The molecule has 0 unspecified atom stereocenters. The molecule has 18 heavy (non-hydrogen) atoms. The molecule has 0 amide bonds. The van der Waals surface area contributed by atoms with Crippen molar-refractivity contribution < 1.29 is 17.6 Å². The van der Waals surface area contributed by atoms with E-state index in [1.165, 1.54) is 12.3 Å². The van der Waals surface area contributed by atoms with Crippen LogP contribution >= 0.6 is 0 Å². The molecule has 100 valence electrons. The highest BCUT2D eigenvalue weighted by atomic mass is 19.4. The van der Waals surface area contributed by atoms with E-state index in [-0.39, 0.29) is 11.7 Å². The van der Waals surface area contributed by atoms with E-state index in [2.05, 4.69) is 4.98 Å². The highest BCUT2D eigenvalue weighted by molar-refractivity contribution is 5.48. The number of aromatic nitrogens is 1. The molecule has 0 N–H and O–H groups in total. The highest BCUT2D eigenvalue weighted by Crippen LogP contribution is 2.36. The lowest BCUT2D eigenvalue weighted by atomic mass is 9.98. The van der Waals surface area contributed by atoms with Gasteiger partial charge in [0.15, 0.2) is 0 Å². The lowest BCUT2D eigenvalue weighted by molar-refractivity contribution is -0.137. The summed E-state index contributed by atoms with van der Waals surface area (Å²) in [6.45, 7) is 0.450. The van der Waals surface area contributed by atoms with Crippen molar-refractivity contribution >= 4 is 5.82 Å². The van der Waals surface area contributed by atoms with E-state index in [9.17, 15) is 17.6 Å². The molecule has 1 fully saturated rings. The molecule has 1 aliphatic heterocycles. The third kappa shape index (κ3) is 2.73. The van der Waals surface area contributed by atoms with Crippen LogP contribution in [0.2, 0.25) is 0 Å². The molecule has 0 bridgehead atoms. The van der Waals surface area contributed by atoms with Crippen molar-refractivity contribution in [2.24, 2.45) is 5.92 Å². The number of rotatable bonds is 2. The van der Waals surface area contributed by atoms with Crippen LogP contribution in [0.15, 0.2) is 18.3 Å². The molecule has 2 rings (SSSR count). The molecular weight excluding hydrogens is 248 g/mol. The molecule has 0 atom stereocenters. The van der Waals surface area contributed by atoms with E-state index < -0.39 is 18.4 Å². The molecule has 0 spiro atoms. The minimum absolute atomic E-state index is 0.0284. The Kier molecular flexibility index (Phi) is 3.73.